The highest BCUT2D eigenvalue weighted by Gasteiger charge is 2.24. The molecule has 0 aromatic heterocycles. The lowest BCUT2D eigenvalue weighted by atomic mass is 10.1. The van der Waals surface area contributed by atoms with Gasteiger partial charge >= 0.3 is 0 Å². The zero-order valence-electron chi connectivity index (χ0n) is 11.3. The molecule has 0 aliphatic carbocycles. The van der Waals surface area contributed by atoms with Gasteiger partial charge in [-0.1, -0.05) is 0 Å². The molecule has 0 spiro atoms. The molecule has 0 unspecified atom stereocenters. The van der Waals surface area contributed by atoms with Crippen molar-refractivity contribution in [3.8, 4) is 5.75 Å². The monoisotopic (exact) mass is 312 g/mol. The normalized spacial score (nSPS) is 19.4. The summed E-state index contributed by atoms with van der Waals surface area (Å²) in [6.07, 6.45) is 1.17. The second kappa shape index (κ2) is 5.49. The van der Waals surface area contributed by atoms with E-state index in [1.165, 1.54) is 12.1 Å². The summed E-state index contributed by atoms with van der Waals surface area (Å²) in [6, 6.07) is 6.29. The summed E-state index contributed by atoms with van der Waals surface area (Å²) in [4.78, 5) is 2.43. The van der Waals surface area contributed by atoms with Gasteiger partial charge in [0.05, 0.1) is 11.6 Å². The van der Waals surface area contributed by atoms with Crippen molar-refractivity contribution in [1.29, 1.82) is 0 Å². The Labute approximate surface area is 118 Å². The Morgan fingerprint density at radius 1 is 1.39 bits per heavy atom. The molecular formula is C14H21BrN2O. The van der Waals surface area contributed by atoms with E-state index in [0.29, 0.717) is 0 Å². The zero-order chi connectivity index (χ0) is 13.2. The van der Waals surface area contributed by atoms with E-state index in [2.05, 4.69) is 52.1 Å². The maximum absolute atomic E-state index is 5.28. The molecule has 1 saturated heterocycles. The zero-order valence-corrected chi connectivity index (χ0v) is 12.9. The molecule has 1 fully saturated rings. The molecular weight excluding hydrogens is 292 g/mol. The lowest BCUT2D eigenvalue weighted by Gasteiger charge is -2.31. The summed E-state index contributed by atoms with van der Waals surface area (Å²) < 4.78 is 6.29. The van der Waals surface area contributed by atoms with Crippen LogP contribution in [0.15, 0.2) is 22.7 Å². The van der Waals surface area contributed by atoms with Crippen LogP contribution in [0.1, 0.15) is 20.3 Å². The minimum absolute atomic E-state index is 0.156. The molecule has 4 heteroatoms. The van der Waals surface area contributed by atoms with Crippen LogP contribution in [-0.2, 0) is 0 Å². The Morgan fingerprint density at radius 3 is 2.83 bits per heavy atom. The van der Waals surface area contributed by atoms with Crippen molar-refractivity contribution in [2.45, 2.75) is 25.8 Å². The topological polar surface area (TPSA) is 24.5 Å². The van der Waals surface area contributed by atoms with E-state index < -0.39 is 0 Å². The summed E-state index contributed by atoms with van der Waals surface area (Å²) in [6.45, 7) is 7.70. The number of rotatable bonds is 2. The maximum atomic E-state index is 5.28. The fourth-order valence-electron chi connectivity index (χ4n) is 2.38. The molecule has 1 aromatic rings. The molecule has 1 aliphatic rings. The summed E-state index contributed by atoms with van der Waals surface area (Å²) >= 11 is 3.55. The van der Waals surface area contributed by atoms with Crippen molar-refractivity contribution in [1.82, 2.24) is 5.32 Å². The van der Waals surface area contributed by atoms with Crippen LogP contribution < -0.4 is 15.0 Å². The molecule has 1 aromatic carbocycles. The first-order chi connectivity index (χ1) is 8.52. The molecule has 0 saturated carbocycles. The lowest BCUT2D eigenvalue weighted by molar-refractivity contribution is 0.411. The average molecular weight is 313 g/mol. The second-order valence-electron chi connectivity index (χ2n) is 5.40. The SMILES string of the molecule is COc1ccc(N2CCCNC(C)(C)C2)cc1Br. The Kier molecular flexibility index (Phi) is 4.17. The van der Waals surface area contributed by atoms with Crippen molar-refractivity contribution >= 4 is 21.6 Å². The number of hydrogen-bond donors (Lipinski definition) is 1. The minimum atomic E-state index is 0.156. The summed E-state index contributed by atoms with van der Waals surface area (Å²) in [7, 11) is 1.69. The number of benzene rings is 1. The molecule has 0 bridgehead atoms. The average Bonchev–Trinajstić information content (AvgIpc) is 2.50. The summed E-state index contributed by atoms with van der Waals surface area (Å²) in [5.41, 5.74) is 1.41. The number of ether oxygens (including phenoxy) is 1. The van der Waals surface area contributed by atoms with Crippen molar-refractivity contribution in [2.24, 2.45) is 0 Å². The second-order valence-corrected chi connectivity index (χ2v) is 6.26. The fraction of sp³-hybridized carbons (Fsp3) is 0.571. The molecule has 2 rings (SSSR count). The Bertz CT molecular complexity index is 420. The van der Waals surface area contributed by atoms with Gasteiger partial charge in [-0.05, 0) is 60.9 Å². The number of anilines is 1. The van der Waals surface area contributed by atoms with Gasteiger partial charge in [-0.25, -0.2) is 0 Å². The van der Waals surface area contributed by atoms with Crippen LogP contribution in [0.3, 0.4) is 0 Å². The highest BCUT2D eigenvalue weighted by atomic mass is 79.9. The largest absolute Gasteiger partial charge is 0.496 e. The number of halogens is 1. The van der Waals surface area contributed by atoms with Gasteiger partial charge in [0.15, 0.2) is 0 Å². The van der Waals surface area contributed by atoms with E-state index in [9.17, 15) is 0 Å². The highest BCUT2D eigenvalue weighted by Crippen LogP contribution is 2.30. The number of nitrogens with one attached hydrogen (secondary N) is 1. The van der Waals surface area contributed by atoms with Crippen molar-refractivity contribution in [2.75, 3.05) is 31.6 Å². The van der Waals surface area contributed by atoms with Crippen molar-refractivity contribution in [3.05, 3.63) is 22.7 Å². The van der Waals surface area contributed by atoms with E-state index >= 15 is 0 Å². The van der Waals surface area contributed by atoms with Gasteiger partial charge in [0.25, 0.3) is 0 Å². The molecule has 18 heavy (non-hydrogen) atoms. The van der Waals surface area contributed by atoms with E-state index in [1.807, 2.05) is 6.07 Å². The van der Waals surface area contributed by atoms with Crippen LogP contribution in [0.4, 0.5) is 5.69 Å². The number of hydrogen-bond acceptors (Lipinski definition) is 3. The molecule has 0 atom stereocenters. The third-order valence-electron chi connectivity index (χ3n) is 3.30. The van der Waals surface area contributed by atoms with Crippen LogP contribution in [0.25, 0.3) is 0 Å². The fourth-order valence-corrected chi connectivity index (χ4v) is 2.91. The van der Waals surface area contributed by atoms with Crippen LogP contribution >= 0.6 is 15.9 Å². The van der Waals surface area contributed by atoms with Gasteiger partial charge in [-0.2, -0.15) is 0 Å². The minimum Gasteiger partial charge on any atom is -0.496 e. The molecule has 1 N–H and O–H groups in total. The molecule has 0 amide bonds. The van der Waals surface area contributed by atoms with Gasteiger partial charge in [0, 0.05) is 24.3 Å². The van der Waals surface area contributed by atoms with E-state index in [4.69, 9.17) is 4.74 Å². The van der Waals surface area contributed by atoms with Crippen LogP contribution in [-0.4, -0.2) is 32.3 Å². The van der Waals surface area contributed by atoms with Gasteiger partial charge in [-0.15, -0.1) is 0 Å². The van der Waals surface area contributed by atoms with Gasteiger partial charge < -0.3 is 15.0 Å². The highest BCUT2D eigenvalue weighted by molar-refractivity contribution is 9.10. The van der Waals surface area contributed by atoms with E-state index in [-0.39, 0.29) is 5.54 Å². The quantitative estimate of drug-likeness (QED) is 0.908. The molecule has 0 radical (unpaired) electrons. The molecule has 1 heterocycles. The molecule has 100 valence electrons. The standard InChI is InChI=1S/C14H21BrN2O/c1-14(2)10-17(8-4-7-16-14)11-5-6-13(18-3)12(15)9-11/h5-6,9,16H,4,7-8,10H2,1-3H3. The Hall–Kier alpha value is -0.740. The van der Waals surface area contributed by atoms with Crippen LogP contribution in [0.5, 0.6) is 5.75 Å². The summed E-state index contributed by atoms with van der Waals surface area (Å²) in [5, 5.41) is 3.58. The van der Waals surface area contributed by atoms with E-state index in [1.54, 1.807) is 7.11 Å². The predicted octanol–water partition coefficient (Wildman–Crippen LogP) is 3.04. The first kappa shape index (κ1) is 13.7. The number of nitrogens with zero attached hydrogens (tertiary/aromatic N) is 1. The van der Waals surface area contributed by atoms with Crippen molar-refractivity contribution < 1.29 is 4.74 Å². The van der Waals surface area contributed by atoms with Crippen molar-refractivity contribution in [3.63, 3.8) is 0 Å². The van der Waals surface area contributed by atoms with Crippen LogP contribution in [0, 0.1) is 0 Å². The summed E-state index contributed by atoms with van der Waals surface area (Å²) in [5.74, 6) is 0.881. The Balaban J connectivity index is 2.22. The number of methoxy groups -OCH3 is 1. The smallest absolute Gasteiger partial charge is 0.133 e. The third kappa shape index (κ3) is 3.18. The van der Waals surface area contributed by atoms with Gasteiger partial charge in [0.1, 0.15) is 5.75 Å². The van der Waals surface area contributed by atoms with E-state index in [0.717, 1.165) is 29.9 Å². The molecule has 1 aliphatic heterocycles. The lowest BCUT2D eigenvalue weighted by Crippen LogP contribution is -2.46. The first-order valence-corrected chi connectivity index (χ1v) is 7.15. The molecule has 3 nitrogen and oxygen atoms in total. The Morgan fingerprint density at radius 2 is 2.17 bits per heavy atom. The predicted molar refractivity (Wildman–Crippen MR) is 79.6 cm³/mol. The van der Waals surface area contributed by atoms with Gasteiger partial charge in [0.2, 0.25) is 0 Å². The van der Waals surface area contributed by atoms with Gasteiger partial charge in [-0.3, -0.25) is 0 Å². The third-order valence-corrected chi connectivity index (χ3v) is 3.91. The maximum Gasteiger partial charge on any atom is 0.133 e. The van der Waals surface area contributed by atoms with Crippen LogP contribution in [0.2, 0.25) is 0 Å². The first-order valence-electron chi connectivity index (χ1n) is 6.35.